The van der Waals surface area contributed by atoms with E-state index in [1.54, 1.807) is 0 Å². The fraction of sp³-hybridized carbons (Fsp3) is 0.973. The van der Waals surface area contributed by atoms with E-state index in [0.29, 0.717) is 13.2 Å². The Balaban J connectivity index is 3.14. The zero-order chi connectivity index (χ0) is 29.0. The fourth-order valence-electron chi connectivity index (χ4n) is 5.65. The van der Waals surface area contributed by atoms with Crippen LogP contribution < -0.4 is 0 Å². The summed E-state index contributed by atoms with van der Waals surface area (Å²) < 4.78 is 10.5. The summed E-state index contributed by atoms with van der Waals surface area (Å²) in [7, 11) is 0. The van der Waals surface area contributed by atoms with Crippen molar-refractivity contribution in [3.05, 3.63) is 0 Å². The molecule has 0 fully saturated rings. The molecule has 0 aliphatic heterocycles. The van der Waals surface area contributed by atoms with Crippen LogP contribution in [0.4, 0.5) is 4.79 Å². The molecule has 0 N–H and O–H groups in total. The van der Waals surface area contributed by atoms with E-state index in [4.69, 9.17) is 9.47 Å². The van der Waals surface area contributed by atoms with E-state index in [2.05, 4.69) is 13.8 Å². The second kappa shape index (κ2) is 36.3. The summed E-state index contributed by atoms with van der Waals surface area (Å²) in [6.45, 7) is 5.60. The normalized spacial score (nSPS) is 11.2. The van der Waals surface area contributed by atoms with Crippen LogP contribution in [0.25, 0.3) is 0 Å². The minimum Gasteiger partial charge on any atom is -0.434 e. The van der Waals surface area contributed by atoms with E-state index in [0.717, 1.165) is 25.7 Å². The Morgan fingerprint density at radius 2 is 0.475 bits per heavy atom. The minimum atomic E-state index is -0.470. The standard InChI is InChI=1S/C37H74O3/c1-3-5-7-9-11-13-15-17-19-21-23-25-27-29-31-33-35-39-37(38)40-36-34-32-30-28-26-24-22-20-18-16-14-12-10-8-6-4-2/h3-36H2,1-2H3. The molecule has 0 bridgehead atoms. The number of carbonyl (C=O) groups excluding carboxylic acids is 1. The second-order valence-corrected chi connectivity index (χ2v) is 12.6. The lowest BCUT2D eigenvalue weighted by molar-refractivity contribution is 0.0529. The van der Waals surface area contributed by atoms with Crippen LogP contribution in [0.1, 0.15) is 219 Å². The van der Waals surface area contributed by atoms with Crippen molar-refractivity contribution in [2.45, 2.75) is 219 Å². The molecular weight excluding hydrogens is 492 g/mol. The smallest absolute Gasteiger partial charge is 0.434 e. The predicted octanol–water partition coefficient (Wildman–Crippen LogP) is 13.7. The van der Waals surface area contributed by atoms with Gasteiger partial charge in [-0.15, -0.1) is 0 Å². The van der Waals surface area contributed by atoms with Crippen LogP contribution in [-0.2, 0) is 9.47 Å². The van der Waals surface area contributed by atoms with Gasteiger partial charge in [0.05, 0.1) is 13.2 Å². The van der Waals surface area contributed by atoms with E-state index in [9.17, 15) is 4.79 Å². The summed E-state index contributed by atoms with van der Waals surface area (Å²) in [5, 5.41) is 0. The summed E-state index contributed by atoms with van der Waals surface area (Å²) in [6, 6.07) is 0. The lowest BCUT2D eigenvalue weighted by Gasteiger charge is -2.07. The van der Waals surface area contributed by atoms with Crippen molar-refractivity contribution >= 4 is 6.16 Å². The van der Waals surface area contributed by atoms with Crippen LogP contribution in [0.15, 0.2) is 0 Å². The molecule has 240 valence electrons. The van der Waals surface area contributed by atoms with Crippen molar-refractivity contribution in [3.63, 3.8) is 0 Å². The van der Waals surface area contributed by atoms with E-state index in [-0.39, 0.29) is 0 Å². The minimum absolute atomic E-state index is 0.470. The summed E-state index contributed by atoms with van der Waals surface area (Å²) in [4.78, 5) is 11.7. The highest BCUT2D eigenvalue weighted by molar-refractivity contribution is 5.59. The number of unbranched alkanes of at least 4 members (excludes halogenated alkanes) is 30. The molecule has 0 radical (unpaired) electrons. The zero-order valence-corrected chi connectivity index (χ0v) is 27.8. The number of carbonyl (C=O) groups is 1. The molecule has 0 atom stereocenters. The molecule has 0 rings (SSSR count). The average molecular weight is 567 g/mol. The lowest BCUT2D eigenvalue weighted by atomic mass is 10.0. The molecule has 0 spiro atoms. The Labute approximate surface area is 252 Å². The van der Waals surface area contributed by atoms with Gasteiger partial charge in [0.1, 0.15) is 0 Å². The number of ether oxygens (including phenoxy) is 2. The van der Waals surface area contributed by atoms with Gasteiger partial charge in [-0.25, -0.2) is 4.79 Å². The Bertz CT molecular complexity index is 424. The van der Waals surface area contributed by atoms with Gasteiger partial charge in [0.2, 0.25) is 0 Å². The molecule has 40 heavy (non-hydrogen) atoms. The van der Waals surface area contributed by atoms with Crippen LogP contribution in [0.3, 0.4) is 0 Å². The quantitative estimate of drug-likeness (QED) is 0.0574. The van der Waals surface area contributed by atoms with Crippen LogP contribution in [0, 0.1) is 0 Å². The molecule has 0 aliphatic carbocycles. The van der Waals surface area contributed by atoms with Gasteiger partial charge in [-0.1, -0.05) is 206 Å². The van der Waals surface area contributed by atoms with E-state index < -0.39 is 6.16 Å². The van der Waals surface area contributed by atoms with Gasteiger partial charge in [0.25, 0.3) is 0 Å². The third kappa shape index (κ3) is 35.3. The molecule has 0 amide bonds. The lowest BCUT2D eigenvalue weighted by Crippen LogP contribution is -2.09. The van der Waals surface area contributed by atoms with E-state index in [1.165, 1.54) is 180 Å². The summed E-state index contributed by atoms with van der Waals surface area (Å²) in [5.41, 5.74) is 0. The molecule has 0 aromatic carbocycles. The monoisotopic (exact) mass is 567 g/mol. The molecular formula is C37H74O3. The van der Waals surface area contributed by atoms with Gasteiger partial charge in [-0.3, -0.25) is 0 Å². The highest BCUT2D eigenvalue weighted by Crippen LogP contribution is 2.15. The maximum atomic E-state index is 11.7. The van der Waals surface area contributed by atoms with Crippen molar-refractivity contribution in [2.75, 3.05) is 13.2 Å². The molecule has 0 aromatic rings. The average Bonchev–Trinajstić information content (AvgIpc) is 2.96. The third-order valence-corrected chi connectivity index (χ3v) is 8.44. The van der Waals surface area contributed by atoms with Gasteiger partial charge in [-0.2, -0.15) is 0 Å². The summed E-state index contributed by atoms with van der Waals surface area (Å²) in [6.07, 6.45) is 42.9. The second-order valence-electron chi connectivity index (χ2n) is 12.6. The Hall–Kier alpha value is -0.730. The van der Waals surface area contributed by atoms with Crippen molar-refractivity contribution in [3.8, 4) is 0 Å². The molecule has 3 heteroatoms. The number of rotatable bonds is 34. The SMILES string of the molecule is CCCCCCCCCCCCCCCCCCOC(=O)OCCCCCCCCCCCCCCCCCC. The Morgan fingerprint density at radius 3 is 0.675 bits per heavy atom. The number of hydrogen-bond acceptors (Lipinski definition) is 3. The van der Waals surface area contributed by atoms with E-state index in [1.807, 2.05) is 0 Å². The molecule has 0 aliphatic rings. The van der Waals surface area contributed by atoms with Crippen molar-refractivity contribution in [2.24, 2.45) is 0 Å². The van der Waals surface area contributed by atoms with Gasteiger partial charge >= 0.3 is 6.16 Å². The first-order valence-electron chi connectivity index (χ1n) is 18.6. The Kier molecular flexibility index (Phi) is 35.6. The van der Waals surface area contributed by atoms with Crippen LogP contribution in [0.2, 0.25) is 0 Å². The largest absolute Gasteiger partial charge is 0.508 e. The topological polar surface area (TPSA) is 35.5 Å². The fourth-order valence-corrected chi connectivity index (χ4v) is 5.65. The molecule has 0 saturated heterocycles. The van der Waals surface area contributed by atoms with Crippen LogP contribution in [0.5, 0.6) is 0 Å². The van der Waals surface area contributed by atoms with Crippen molar-refractivity contribution < 1.29 is 14.3 Å². The predicted molar refractivity (Wildman–Crippen MR) is 176 cm³/mol. The van der Waals surface area contributed by atoms with Crippen LogP contribution >= 0.6 is 0 Å². The highest BCUT2D eigenvalue weighted by Gasteiger charge is 2.03. The maximum absolute atomic E-state index is 11.7. The highest BCUT2D eigenvalue weighted by atomic mass is 16.7. The molecule has 0 saturated carbocycles. The first-order valence-corrected chi connectivity index (χ1v) is 18.6. The van der Waals surface area contributed by atoms with Gasteiger partial charge < -0.3 is 9.47 Å². The van der Waals surface area contributed by atoms with E-state index >= 15 is 0 Å². The summed E-state index contributed by atoms with van der Waals surface area (Å²) >= 11 is 0. The van der Waals surface area contributed by atoms with Gasteiger partial charge in [-0.05, 0) is 12.8 Å². The van der Waals surface area contributed by atoms with Gasteiger partial charge in [0, 0.05) is 0 Å². The van der Waals surface area contributed by atoms with Crippen molar-refractivity contribution in [1.82, 2.24) is 0 Å². The maximum Gasteiger partial charge on any atom is 0.508 e. The first-order chi connectivity index (χ1) is 19.8. The van der Waals surface area contributed by atoms with Crippen molar-refractivity contribution in [1.29, 1.82) is 0 Å². The molecule has 0 aromatic heterocycles. The first kappa shape index (κ1) is 39.3. The third-order valence-electron chi connectivity index (χ3n) is 8.44. The van der Waals surface area contributed by atoms with Crippen LogP contribution in [-0.4, -0.2) is 19.4 Å². The molecule has 0 unspecified atom stereocenters. The number of hydrogen-bond donors (Lipinski definition) is 0. The van der Waals surface area contributed by atoms with Gasteiger partial charge in [0.15, 0.2) is 0 Å². The zero-order valence-electron chi connectivity index (χ0n) is 27.8. The molecule has 0 heterocycles. The molecule has 3 nitrogen and oxygen atoms in total. The Morgan fingerprint density at radius 1 is 0.300 bits per heavy atom. The summed E-state index contributed by atoms with van der Waals surface area (Å²) in [5.74, 6) is 0.